The lowest BCUT2D eigenvalue weighted by atomic mass is 9.97. The number of hydrogen-bond donors (Lipinski definition) is 1. The molecule has 7 nitrogen and oxygen atoms in total. The Morgan fingerprint density at radius 2 is 1.82 bits per heavy atom. The maximum atomic E-state index is 13.1. The summed E-state index contributed by atoms with van der Waals surface area (Å²) < 4.78 is 27.7. The normalized spacial score (nSPS) is 20.5. The Kier molecular flexibility index (Phi) is 7.86. The highest BCUT2D eigenvalue weighted by molar-refractivity contribution is 7.89. The number of hydrogen-bond acceptors (Lipinski definition) is 6. The lowest BCUT2D eigenvalue weighted by molar-refractivity contribution is 0.0914. The summed E-state index contributed by atoms with van der Waals surface area (Å²) in [6.45, 7) is 7.19. The number of nitrogens with one attached hydrogen (secondary N) is 1. The van der Waals surface area contributed by atoms with Gasteiger partial charge in [0, 0.05) is 43.2 Å². The van der Waals surface area contributed by atoms with Gasteiger partial charge in [-0.15, -0.1) is 11.3 Å². The largest absolute Gasteiger partial charge is 0.350 e. The van der Waals surface area contributed by atoms with Gasteiger partial charge in [0.05, 0.1) is 10.9 Å². The number of rotatable bonds is 7. The average Bonchev–Trinajstić information content (AvgIpc) is 3.35. The number of likely N-dealkylation sites (tertiary alicyclic amines) is 1. The molecule has 180 valence electrons. The van der Waals surface area contributed by atoms with E-state index in [9.17, 15) is 13.2 Å². The van der Waals surface area contributed by atoms with Crippen LogP contribution in [0.3, 0.4) is 0 Å². The molecule has 1 aromatic heterocycles. The molecule has 2 saturated heterocycles. The molecule has 0 aliphatic carbocycles. The second-order valence-electron chi connectivity index (χ2n) is 9.19. The molecular weight excluding hydrogens is 456 g/mol. The second kappa shape index (κ2) is 10.7. The molecule has 0 unspecified atom stereocenters. The van der Waals surface area contributed by atoms with Gasteiger partial charge in [0.1, 0.15) is 0 Å². The number of sulfonamides is 1. The topological polar surface area (TPSA) is 73.0 Å². The molecule has 0 radical (unpaired) electrons. The number of carbonyl (C=O) groups is 1. The molecule has 4 rings (SSSR count). The zero-order valence-corrected chi connectivity index (χ0v) is 21.1. The van der Waals surface area contributed by atoms with E-state index in [2.05, 4.69) is 33.5 Å². The predicted molar refractivity (Wildman–Crippen MR) is 132 cm³/mol. The third-order valence-corrected chi connectivity index (χ3v) is 9.65. The SMILES string of the molecule is CC1CCN([C@H](CNC(=O)c2cccc(S(=O)(=O)N3CCN(C)CC3)c2)c2cccs2)CC1. The van der Waals surface area contributed by atoms with Crippen molar-refractivity contribution in [2.24, 2.45) is 5.92 Å². The molecule has 33 heavy (non-hydrogen) atoms. The third-order valence-electron chi connectivity index (χ3n) is 6.78. The van der Waals surface area contributed by atoms with Gasteiger partial charge in [-0.2, -0.15) is 4.31 Å². The Balaban J connectivity index is 1.44. The van der Waals surface area contributed by atoms with Crippen molar-refractivity contribution in [1.82, 2.24) is 19.4 Å². The molecular formula is C24H34N4O3S2. The van der Waals surface area contributed by atoms with Gasteiger partial charge in [-0.25, -0.2) is 8.42 Å². The Hall–Kier alpha value is -1.78. The van der Waals surface area contributed by atoms with Crippen LogP contribution in [0, 0.1) is 5.92 Å². The summed E-state index contributed by atoms with van der Waals surface area (Å²) >= 11 is 1.71. The Morgan fingerprint density at radius 3 is 2.48 bits per heavy atom. The average molecular weight is 491 g/mol. The molecule has 1 amide bonds. The Labute approximate surface area is 201 Å². The maximum Gasteiger partial charge on any atom is 0.251 e. The maximum absolute atomic E-state index is 13.1. The fraction of sp³-hybridized carbons (Fsp3) is 0.542. The first-order valence-corrected chi connectivity index (χ1v) is 14.0. The van der Waals surface area contributed by atoms with Crippen LogP contribution in [0.5, 0.6) is 0 Å². The van der Waals surface area contributed by atoms with Crippen LogP contribution in [-0.2, 0) is 10.0 Å². The van der Waals surface area contributed by atoms with Crippen molar-refractivity contribution in [2.75, 3.05) is 52.9 Å². The minimum atomic E-state index is -3.61. The van der Waals surface area contributed by atoms with E-state index in [4.69, 9.17) is 0 Å². The fourth-order valence-corrected chi connectivity index (χ4v) is 6.83. The van der Waals surface area contributed by atoms with Gasteiger partial charge in [-0.05, 0) is 68.5 Å². The number of piperazine rings is 1. The van der Waals surface area contributed by atoms with Crippen LogP contribution in [0.4, 0.5) is 0 Å². The first kappa shape index (κ1) is 24.3. The minimum absolute atomic E-state index is 0.138. The van der Waals surface area contributed by atoms with Gasteiger partial charge >= 0.3 is 0 Å². The highest BCUT2D eigenvalue weighted by atomic mass is 32.2. The standard InChI is InChI=1S/C24H34N4O3S2/c1-19-8-10-27(11-9-19)22(23-7-4-16-32-23)18-25-24(29)20-5-3-6-21(17-20)33(30,31)28-14-12-26(2)13-15-28/h3-7,16-17,19,22H,8-15,18H2,1-2H3,(H,25,29)/t22-/m1/s1. The van der Waals surface area contributed by atoms with Crippen LogP contribution < -0.4 is 5.32 Å². The summed E-state index contributed by atoms with van der Waals surface area (Å²) in [5.41, 5.74) is 0.377. The summed E-state index contributed by atoms with van der Waals surface area (Å²) in [5.74, 6) is 0.502. The van der Waals surface area contributed by atoms with Gasteiger partial charge in [0.15, 0.2) is 0 Å². The van der Waals surface area contributed by atoms with Crippen molar-refractivity contribution in [1.29, 1.82) is 0 Å². The molecule has 2 fully saturated rings. The van der Waals surface area contributed by atoms with Crippen LogP contribution in [0.25, 0.3) is 0 Å². The van der Waals surface area contributed by atoms with E-state index < -0.39 is 10.0 Å². The number of amides is 1. The highest BCUT2D eigenvalue weighted by Crippen LogP contribution is 2.29. The van der Waals surface area contributed by atoms with Crippen LogP contribution in [0.1, 0.15) is 41.0 Å². The van der Waals surface area contributed by atoms with E-state index in [1.54, 1.807) is 29.5 Å². The summed E-state index contributed by atoms with van der Waals surface area (Å²) in [4.78, 5) is 19.0. The van der Waals surface area contributed by atoms with Crippen molar-refractivity contribution in [3.63, 3.8) is 0 Å². The quantitative estimate of drug-likeness (QED) is 0.646. The summed E-state index contributed by atoms with van der Waals surface area (Å²) in [7, 11) is -1.62. The van der Waals surface area contributed by atoms with Crippen LogP contribution in [0.2, 0.25) is 0 Å². The monoisotopic (exact) mass is 490 g/mol. The Bertz CT molecular complexity index is 1030. The van der Waals surface area contributed by atoms with E-state index in [1.807, 2.05) is 13.1 Å². The first-order valence-electron chi connectivity index (χ1n) is 11.7. The predicted octanol–water partition coefficient (Wildman–Crippen LogP) is 2.89. The van der Waals surface area contributed by atoms with E-state index in [-0.39, 0.29) is 16.8 Å². The molecule has 2 aliphatic heterocycles. The lowest BCUT2D eigenvalue weighted by Crippen LogP contribution is -2.47. The Morgan fingerprint density at radius 1 is 1.09 bits per heavy atom. The molecule has 3 heterocycles. The van der Waals surface area contributed by atoms with Crippen molar-refractivity contribution >= 4 is 27.3 Å². The van der Waals surface area contributed by atoms with Gasteiger partial charge in [0.25, 0.3) is 5.91 Å². The van der Waals surface area contributed by atoms with E-state index in [0.29, 0.717) is 38.3 Å². The number of thiophene rings is 1. The smallest absolute Gasteiger partial charge is 0.251 e. The summed E-state index contributed by atoms with van der Waals surface area (Å²) in [6, 6.07) is 10.7. The van der Waals surface area contributed by atoms with E-state index in [0.717, 1.165) is 19.0 Å². The van der Waals surface area contributed by atoms with Crippen molar-refractivity contribution < 1.29 is 13.2 Å². The zero-order valence-electron chi connectivity index (χ0n) is 19.4. The van der Waals surface area contributed by atoms with Gasteiger partial charge < -0.3 is 10.2 Å². The van der Waals surface area contributed by atoms with Gasteiger partial charge in [-0.3, -0.25) is 9.69 Å². The first-order chi connectivity index (χ1) is 15.8. The summed E-state index contributed by atoms with van der Waals surface area (Å²) in [6.07, 6.45) is 2.34. The molecule has 0 spiro atoms. The molecule has 0 saturated carbocycles. The number of benzene rings is 1. The number of piperidine rings is 1. The van der Waals surface area contributed by atoms with Crippen molar-refractivity contribution in [3.8, 4) is 0 Å². The van der Waals surface area contributed by atoms with E-state index in [1.165, 1.54) is 28.1 Å². The molecule has 9 heteroatoms. The molecule has 2 aromatic rings. The molecule has 1 aromatic carbocycles. The molecule has 1 N–H and O–H groups in total. The van der Waals surface area contributed by atoms with Crippen LogP contribution in [-0.4, -0.2) is 81.3 Å². The molecule has 0 bridgehead atoms. The summed E-state index contributed by atoms with van der Waals surface area (Å²) in [5, 5.41) is 5.14. The van der Waals surface area contributed by atoms with E-state index >= 15 is 0 Å². The second-order valence-corrected chi connectivity index (χ2v) is 12.1. The zero-order chi connectivity index (χ0) is 23.4. The van der Waals surface area contributed by atoms with Crippen LogP contribution >= 0.6 is 11.3 Å². The number of carbonyl (C=O) groups excluding carboxylic acids is 1. The lowest BCUT2D eigenvalue weighted by Gasteiger charge is -2.36. The van der Waals surface area contributed by atoms with Gasteiger partial charge in [0.2, 0.25) is 10.0 Å². The van der Waals surface area contributed by atoms with Gasteiger partial charge in [-0.1, -0.05) is 19.1 Å². The van der Waals surface area contributed by atoms with Crippen LogP contribution in [0.15, 0.2) is 46.7 Å². The number of likely N-dealkylation sites (N-methyl/N-ethyl adjacent to an activating group) is 1. The minimum Gasteiger partial charge on any atom is -0.350 e. The molecule has 1 atom stereocenters. The van der Waals surface area contributed by atoms with Crippen molar-refractivity contribution in [3.05, 3.63) is 52.2 Å². The molecule has 2 aliphatic rings. The van der Waals surface area contributed by atoms with Crippen molar-refractivity contribution in [2.45, 2.75) is 30.7 Å². The third kappa shape index (κ3) is 5.84. The fourth-order valence-electron chi connectivity index (χ4n) is 4.50. The highest BCUT2D eigenvalue weighted by Gasteiger charge is 2.29. The number of nitrogens with zero attached hydrogens (tertiary/aromatic N) is 3.